The van der Waals surface area contributed by atoms with Crippen LogP contribution in [0.4, 0.5) is 0 Å². The summed E-state index contributed by atoms with van der Waals surface area (Å²) in [6.07, 6.45) is -2.17. The quantitative estimate of drug-likeness (QED) is 0.340. The number of ketones is 3. The van der Waals surface area contributed by atoms with Crippen LogP contribution in [0.3, 0.4) is 0 Å². The third kappa shape index (κ3) is 3.58. The molecule has 0 saturated carbocycles. The molecule has 5 atom stereocenters. The fourth-order valence-corrected chi connectivity index (χ4v) is 3.18. The van der Waals surface area contributed by atoms with Gasteiger partial charge in [0.1, 0.15) is 18.8 Å². The zero-order chi connectivity index (χ0) is 22.1. The van der Waals surface area contributed by atoms with Crippen LogP contribution in [0, 0.1) is 0 Å². The first-order valence-corrected chi connectivity index (χ1v) is 8.50. The fraction of sp³-hybridized carbons (Fsp3) is 0.706. The van der Waals surface area contributed by atoms with Gasteiger partial charge in [0, 0.05) is 20.3 Å². The highest BCUT2D eigenvalue weighted by Crippen LogP contribution is 2.44. The molecule has 0 aromatic rings. The van der Waals surface area contributed by atoms with Gasteiger partial charge >= 0.3 is 5.97 Å². The van der Waals surface area contributed by atoms with Gasteiger partial charge in [0.05, 0.1) is 0 Å². The number of aliphatic hydroxyl groups is 3. The van der Waals surface area contributed by atoms with Gasteiger partial charge in [0.25, 0.3) is 5.79 Å². The van der Waals surface area contributed by atoms with Gasteiger partial charge in [-0.1, -0.05) is 6.92 Å². The number of esters is 1. The molecule has 1 saturated heterocycles. The van der Waals surface area contributed by atoms with Crippen LogP contribution in [0.25, 0.3) is 0 Å². The molecule has 0 aliphatic carbocycles. The van der Waals surface area contributed by atoms with Gasteiger partial charge in [-0.15, -0.1) is 0 Å². The normalized spacial score (nSPS) is 35.0. The van der Waals surface area contributed by atoms with Crippen molar-refractivity contribution in [2.24, 2.45) is 0 Å². The summed E-state index contributed by atoms with van der Waals surface area (Å²) in [5.74, 6) is -8.21. The van der Waals surface area contributed by atoms with Crippen LogP contribution in [-0.4, -0.2) is 80.3 Å². The van der Waals surface area contributed by atoms with Crippen molar-refractivity contribution in [2.75, 3.05) is 6.61 Å². The summed E-state index contributed by atoms with van der Waals surface area (Å²) < 4.78 is 9.90. The molecule has 1 rings (SSSR count). The number of rotatable bonds is 7. The molecule has 0 radical (unpaired) electrons. The summed E-state index contributed by atoms with van der Waals surface area (Å²) in [4.78, 5) is 60.0. The number of nitrogens with one attached hydrogen (secondary N) is 1. The average Bonchev–Trinajstić information content (AvgIpc) is 2.59. The van der Waals surface area contributed by atoms with Crippen LogP contribution >= 0.6 is 0 Å². The first kappa shape index (κ1) is 23.8. The van der Waals surface area contributed by atoms with Crippen LogP contribution in [0.1, 0.15) is 41.0 Å². The molecule has 11 heteroatoms. The van der Waals surface area contributed by atoms with Crippen LogP contribution in [0.2, 0.25) is 0 Å². The highest BCUT2D eigenvalue weighted by molar-refractivity contribution is 6.01. The number of ether oxygens (including phenoxy) is 2. The summed E-state index contributed by atoms with van der Waals surface area (Å²) >= 11 is 0. The summed E-state index contributed by atoms with van der Waals surface area (Å²) in [5, 5.41) is 35.2. The van der Waals surface area contributed by atoms with Gasteiger partial charge in [0.15, 0.2) is 28.6 Å². The summed E-state index contributed by atoms with van der Waals surface area (Å²) in [6, 6.07) is -2.22. The number of amides is 1. The fourth-order valence-electron chi connectivity index (χ4n) is 3.18. The number of hydrogen-bond acceptors (Lipinski definition) is 10. The topological polar surface area (TPSA) is 177 Å². The SMILES string of the molecule is CCC(=O)N[C@@H]1C(O)(C(C)=O)O[C@H](COC(C)=O)[C@](O)(C(C)=O)[C@@]1(O)C(C)=O. The molecule has 0 aromatic heterocycles. The Morgan fingerprint density at radius 2 is 1.43 bits per heavy atom. The van der Waals surface area contributed by atoms with Crippen molar-refractivity contribution >= 4 is 29.2 Å². The van der Waals surface area contributed by atoms with Crippen molar-refractivity contribution in [2.45, 2.75) is 70.2 Å². The van der Waals surface area contributed by atoms with E-state index in [1.54, 1.807) is 0 Å². The van der Waals surface area contributed by atoms with Crippen molar-refractivity contribution in [3.8, 4) is 0 Å². The molecule has 0 spiro atoms. The second kappa shape index (κ2) is 8.03. The predicted molar refractivity (Wildman–Crippen MR) is 90.6 cm³/mol. The maximum absolute atomic E-state index is 12.4. The van der Waals surface area contributed by atoms with Gasteiger partial charge in [-0.25, -0.2) is 0 Å². The standard InChI is InChI=1S/C17H25NO10/c1-6-13(23)18-14-16(25,9(3)20)15(24,8(2)19)12(7-27-11(5)22)28-17(14,26)10(4)21/h12,14,24-26H,6-7H2,1-5H3,(H,18,23)/t12-,14+,15-,16-,17?/m1/s1. The lowest BCUT2D eigenvalue weighted by Gasteiger charge is -2.56. The van der Waals surface area contributed by atoms with E-state index in [1.165, 1.54) is 6.92 Å². The maximum Gasteiger partial charge on any atom is 0.302 e. The molecule has 28 heavy (non-hydrogen) atoms. The highest BCUT2D eigenvalue weighted by atomic mass is 16.7. The Bertz CT molecular complexity index is 706. The minimum atomic E-state index is -3.17. The van der Waals surface area contributed by atoms with E-state index in [4.69, 9.17) is 9.47 Å². The minimum Gasteiger partial charge on any atom is -0.463 e. The predicted octanol–water partition coefficient (Wildman–Crippen LogP) is -2.24. The molecule has 1 aliphatic heterocycles. The Balaban J connectivity index is 3.77. The Morgan fingerprint density at radius 1 is 0.929 bits per heavy atom. The van der Waals surface area contributed by atoms with Crippen LogP contribution in [-0.2, 0) is 33.4 Å². The van der Waals surface area contributed by atoms with Crippen molar-refractivity contribution in [1.82, 2.24) is 5.32 Å². The van der Waals surface area contributed by atoms with E-state index in [0.717, 1.165) is 27.7 Å². The van der Waals surface area contributed by atoms with Crippen molar-refractivity contribution in [3.05, 3.63) is 0 Å². The van der Waals surface area contributed by atoms with Crippen molar-refractivity contribution in [1.29, 1.82) is 0 Å². The van der Waals surface area contributed by atoms with Crippen LogP contribution in [0.15, 0.2) is 0 Å². The lowest BCUT2D eigenvalue weighted by Crippen LogP contribution is -2.86. The molecule has 1 amide bonds. The Morgan fingerprint density at radius 3 is 1.79 bits per heavy atom. The zero-order valence-electron chi connectivity index (χ0n) is 16.3. The molecule has 1 aliphatic rings. The lowest BCUT2D eigenvalue weighted by molar-refractivity contribution is -0.339. The number of Topliss-reactive ketones (excluding diaryl/α,β-unsaturated/α-hetero) is 3. The van der Waals surface area contributed by atoms with Gasteiger partial charge in [-0.05, 0) is 13.8 Å². The molecular formula is C17H25NO10. The number of carbonyl (C=O) groups is 5. The molecule has 1 heterocycles. The van der Waals surface area contributed by atoms with E-state index in [2.05, 4.69) is 5.32 Å². The molecule has 0 aromatic carbocycles. The number of carbonyl (C=O) groups excluding carboxylic acids is 5. The smallest absolute Gasteiger partial charge is 0.302 e. The molecule has 11 nitrogen and oxygen atoms in total. The summed E-state index contributed by atoms with van der Waals surface area (Å²) in [6.45, 7) is 4.04. The summed E-state index contributed by atoms with van der Waals surface area (Å²) in [5.41, 5.74) is -6.23. The van der Waals surface area contributed by atoms with E-state index in [0.29, 0.717) is 0 Å². The van der Waals surface area contributed by atoms with Crippen LogP contribution in [0.5, 0.6) is 0 Å². The van der Waals surface area contributed by atoms with Gasteiger partial charge in [-0.3, -0.25) is 24.0 Å². The van der Waals surface area contributed by atoms with Crippen molar-refractivity contribution < 1.29 is 48.8 Å². The maximum atomic E-state index is 12.4. The largest absolute Gasteiger partial charge is 0.463 e. The van der Waals surface area contributed by atoms with E-state index in [-0.39, 0.29) is 6.42 Å². The van der Waals surface area contributed by atoms with Gasteiger partial charge in [0.2, 0.25) is 5.91 Å². The molecule has 158 valence electrons. The minimum absolute atomic E-state index is 0.173. The monoisotopic (exact) mass is 403 g/mol. The summed E-state index contributed by atoms with van der Waals surface area (Å²) in [7, 11) is 0. The zero-order valence-corrected chi connectivity index (χ0v) is 16.3. The van der Waals surface area contributed by atoms with E-state index < -0.39 is 65.0 Å². The van der Waals surface area contributed by atoms with Gasteiger partial charge < -0.3 is 30.1 Å². The average molecular weight is 403 g/mol. The molecule has 1 fully saturated rings. The van der Waals surface area contributed by atoms with E-state index in [9.17, 15) is 39.3 Å². The Labute approximate surface area is 161 Å². The second-order valence-corrected chi connectivity index (χ2v) is 6.66. The number of hydrogen-bond donors (Lipinski definition) is 4. The first-order chi connectivity index (χ1) is 12.7. The van der Waals surface area contributed by atoms with Crippen molar-refractivity contribution in [3.63, 3.8) is 0 Å². The lowest BCUT2D eigenvalue weighted by atomic mass is 9.64. The third-order valence-corrected chi connectivity index (χ3v) is 4.82. The van der Waals surface area contributed by atoms with Gasteiger partial charge in [-0.2, -0.15) is 0 Å². The first-order valence-electron chi connectivity index (χ1n) is 8.50. The molecular weight excluding hydrogens is 378 g/mol. The Hall–Kier alpha value is -2.21. The Kier molecular flexibility index (Phi) is 6.84. The second-order valence-electron chi connectivity index (χ2n) is 6.66. The highest BCUT2D eigenvalue weighted by Gasteiger charge is 2.75. The molecule has 4 N–H and O–H groups in total. The molecule has 0 bridgehead atoms. The molecule has 1 unspecified atom stereocenters. The third-order valence-electron chi connectivity index (χ3n) is 4.82. The van der Waals surface area contributed by atoms with Crippen LogP contribution < -0.4 is 5.32 Å². The van der Waals surface area contributed by atoms with E-state index >= 15 is 0 Å². The van der Waals surface area contributed by atoms with E-state index in [1.807, 2.05) is 0 Å².